The van der Waals surface area contributed by atoms with Crippen LogP contribution in [0.4, 0.5) is 0 Å². The van der Waals surface area contributed by atoms with E-state index in [1.165, 1.54) is 11.1 Å². The smallest absolute Gasteiger partial charge is 0.253 e. The summed E-state index contributed by atoms with van der Waals surface area (Å²) in [5, 5.41) is 13.8. The van der Waals surface area contributed by atoms with Crippen LogP contribution >= 0.6 is 0 Å². The van der Waals surface area contributed by atoms with Gasteiger partial charge in [0.1, 0.15) is 6.04 Å². The zero-order valence-electron chi connectivity index (χ0n) is 19.3. The zero-order chi connectivity index (χ0) is 23.1. The van der Waals surface area contributed by atoms with Crippen LogP contribution in [0.2, 0.25) is 0 Å². The van der Waals surface area contributed by atoms with E-state index in [1.807, 2.05) is 35.9 Å². The van der Waals surface area contributed by atoms with E-state index in [2.05, 4.69) is 49.7 Å². The lowest BCUT2D eigenvalue weighted by Gasteiger charge is -2.35. The fourth-order valence-electron chi connectivity index (χ4n) is 5.36. The standard InChI is InChI=1S/C26H28N6O2/c1-17-6-4-9-19-14-22(26(33)27-23(17)19)24(31-12-11-18-7-2-3-8-20(18)15-31)25-28-29-30-32(25)16-21-10-5-13-34-21/h2-4,6-9,14,21,24H,5,10-13,15-16H2,1H3,(H,27,33)/t21-,24-/m0/s1. The number of hydrogen-bond donors (Lipinski definition) is 1. The molecule has 2 atom stereocenters. The number of hydrogen-bond acceptors (Lipinski definition) is 6. The van der Waals surface area contributed by atoms with Crippen molar-refractivity contribution in [2.75, 3.05) is 13.2 Å². The minimum absolute atomic E-state index is 0.0996. The molecule has 4 aromatic rings. The van der Waals surface area contributed by atoms with E-state index in [0.717, 1.165) is 55.4 Å². The highest BCUT2D eigenvalue weighted by molar-refractivity contribution is 5.82. The van der Waals surface area contributed by atoms with Gasteiger partial charge in [-0.2, -0.15) is 0 Å². The normalized spacial score (nSPS) is 19.4. The van der Waals surface area contributed by atoms with Crippen LogP contribution in [0.15, 0.2) is 53.3 Å². The Morgan fingerprint density at radius 3 is 2.91 bits per heavy atom. The lowest BCUT2D eigenvalue weighted by atomic mass is 9.95. The average molecular weight is 457 g/mol. The summed E-state index contributed by atoms with van der Waals surface area (Å²) in [5.74, 6) is 0.687. The zero-order valence-corrected chi connectivity index (χ0v) is 19.3. The maximum atomic E-state index is 13.5. The molecule has 1 N–H and O–H groups in total. The quantitative estimate of drug-likeness (QED) is 0.496. The largest absolute Gasteiger partial charge is 0.376 e. The van der Waals surface area contributed by atoms with E-state index in [1.54, 1.807) is 0 Å². The van der Waals surface area contributed by atoms with Gasteiger partial charge in [0.15, 0.2) is 5.82 Å². The van der Waals surface area contributed by atoms with E-state index >= 15 is 0 Å². The van der Waals surface area contributed by atoms with Gasteiger partial charge in [-0.25, -0.2) is 4.68 Å². The van der Waals surface area contributed by atoms with Crippen molar-refractivity contribution < 1.29 is 4.74 Å². The Hall–Kier alpha value is -3.36. The van der Waals surface area contributed by atoms with Crippen molar-refractivity contribution in [3.05, 3.63) is 87.0 Å². The summed E-state index contributed by atoms with van der Waals surface area (Å²) in [7, 11) is 0. The molecule has 2 aliphatic rings. The number of aryl methyl sites for hydroxylation is 1. The Labute approximate surface area is 197 Å². The van der Waals surface area contributed by atoms with E-state index in [9.17, 15) is 4.79 Å². The van der Waals surface area contributed by atoms with Gasteiger partial charge in [0.05, 0.1) is 18.2 Å². The maximum absolute atomic E-state index is 13.5. The third kappa shape index (κ3) is 3.82. The van der Waals surface area contributed by atoms with Gasteiger partial charge >= 0.3 is 0 Å². The Morgan fingerprint density at radius 1 is 1.18 bits per heavy atom. The number of aromatic nitrogens is 5. The SMILES string of the molecule is Cc1cccc2cc([C@@H](c3nnnn3C[C@@H]3CCCO3)N3CCc4ccccc4C3)c(=O)[nH]c12. The summed E-state index contributed by atoms with van der Waals surface area (Å²) in [6.45, 7) is 4.93. The van der Waals surface area contributed by atoms with E-state index < -0.39 is 0 Å². The van der Waals surface area contributed by atoms with Gasteiger partial charge in [0, 0.05) is 25.3 Å². The Balaban J connectivity index is 1.47. The van der Waals surface area contributed by atoms with Gasteiger partial charge in [-0.15, -0.1) is 5.10 Å². The highest BCUT2D eigenvalue weighted by Gasteiger charge is 2.33. The number of para-hydroxylation sites is 1. The summed E-state index contributed by atoms with van der Waals surface area (Å²) in [6.07, 6.45) is 3.07. The van der Waals surface area contributed by atoms with Crippen molar-refractivity contribution >= 4 is 10.9 Å². The number of pyridine rings is 1. The van der Waals surface area contributed by atoms with Gasteiger partial charge in [-0.05, 0) is 64.8 Å². The second kappa shape index (κ2) is 8.77. The van der Waals surface area contributed by atoms with Crippen LogP contribution in [-0.4, -0.2) is 49.3 Å². The monoisotopic (exact) mass is 456 g/mol. The van der Waals surface area contributed by atoms with Crippen molar-refractivity contribution in [3.8, 4) is 0 Å². The van der Waals surface area contributed by atoms with Gasteiger partial charge in [-0.1, -0.05) is 42.5 Å². The van der Waals surface area contributed by atoms with Crippen molar-refractivity contribution in [2.45, 2.75) is 51.4 Å². The molecule has 34 heavy (non-hydrogen) atoms. The molecule has 0 saturated carbocycles. The molecule has 2 aromatic heterocycles. The van der Waals surface area contributed by atoms with Crippen LogP contribution in [0.25, 0.3) is 10.9 Å². The molecule has 1 saturated heterocycles. The molecule has 0 amide bonds. The van der Waals surface area contributed by atoms with Crippen LogP contribution in [0.1, 0.15) is 47.0 Å². The highest BCUT2D eigenvalue weighted by atomic mass is 16.5. The first-order valence-corrected chi connectivity index (χ1v) is 12.0. The number of aromatic amines is 1. The lowest BCUT2D eigenvalue weighted by molar-refractivity contribution is 0.0904. The molecule has 8 nitrogen and oxygen atoms in total. The van der Waals surface area contributed by atoms with Crippen LogP contribution in [0.5, 0.6) is 0 Å². The number of ether oxygens (including phenoxy) is 1. The number of rotatable bonds is 5. The third-order valence-electron chi connectivity index (χ3n) is 7.14. The van der Waals surface area contributed by atoms with Crippen LogP contribution in [0.3, 0.4) is 0 Å². The molecule has 0 bridgehead atoms. The van der Waals surface area contributed by atoms with Gasteiger partial charge < -0.3 is 9.72 Å². The van der Waals surface area contributed by atoms with E-state index in [-0.39, 0.29) is 17.7 Å². The van der Waals surface area contributed by atoms with Crippen LogP contribution in [0, 0.1) is 6.92 Å². The first-order valence-electron chi connectivity index (χ1n) is 12.0. The number of nitrogens with one attached hydrogen (secondary N) is 1. The second-order valence-corrected chi connectivity index (χ2v) is 9.34. The topological polar surface area (TPSA) is 88.9 Å². The molecule has 174 valence electrons. The van der Waals surface area contributed by atoms with Gasteiger partial charge in [-0.3, -0.25) is 9.69 Å². The first kappa shape index (κ1) is 21.2. The second-order valence-electron chi connectivity index (χ2n) is 9.34. The fourth-order valence-corrected chi connectivity index (χ4v) is 5.36. The van der Waals surface area contributed by atoms with Crippen LogP contribution < -0.4 is 5.56 Å². The number of tetrazole rings is 1. The third-order valence-corrected chi connectivity index (χ3v) is 7.14. The van der Waals surface area contributed by atoms with Gasteiger partial charge in [0.25, 0.3) is 5.56 Å². The van der Waals surface area contributed by atoms with Gasteiger partial charge in [0.2, 0.25) is 0 Å². The summed E-state index contributed by atoms with van der Waals surface area (Å²) < 4.78 is 7.69. The molecule has 8 heteroatoms. The molecule has 0 aliphatic carbocycles. The highest BCUT2D eigenvalue weighted by Crippen LogP contribution is 2.32. The molecule has 2 aromatic carbocycles. The predicted molar refractivity (Wildman–Crippen MR) is 128 cm³/mol. The average Bonchev–Trinajstić information content (AvgIpc) is 3.53. The molecule has 2 aliphatic heterocycles. The summed E-state index contributed by atoms with van der Waals surface area (Å²) >= 11 is 0. The van der Waals surface area contributed by atoms with Crippen molar-refractivity contribution in [1.29, 1.82) is 0 Å². The molecule has 6 rings (SSSR count). The molecular weight excluding hydrogens is 428 g/mol. The molecular formula is C26H28N6O2. The number of fused-ring (bicyclic) bond motifs is 2. The first-order chi connectivity index (χ1) is 16.7. The minimum Gasteiger partial charge on any atom is -0.376 e. The number of nitrogens with zero attached hydrogens (tertiary/aromatic N) is 5. The molecule has 0 radical (unpaired) electrons. The van der Waals surface area contributed by atoms with E-state index in [0.29, 0.717) is 17.9 Å². The summed E-state index contributed by atoms with van der Waals surface area (Å²) in [4.78, 5) is 18.9. The molecule has 4 heterocycles. The fraction of sp³-hybridized carbons (Fsp3) is 0.385. The lowest BCUT2D eigenvalue weighted by Crippen LogP contribution is -2.39. The minimum atomic E-state index is -0.363. The Kier molecular flexibility index (Phi) is 5.47. The predicted octanol–water partition coefficient (Wildman–Crippen LogP) is 3.15. The summed E-state index contributed by atoms with van der Waals surface area (Å²) in [5.41, 5.74) is 5.13. The van der Waals surface area contributed by atoms with Crippen molar-refractivity contribution in [1.82, 2.24) is 30.1 Å². The number of benzene rings is 2. The molecule has 1 fully saturated rings. The Morgan fingerprint density at radius 2 is 2.06 bits per heavy atom. The van der Waals surface area contributed by atoms with Crippen molar-refractivity contribution in [3.63, 3.8) is 0 Å². The van der Waals surface area contributed by atoms with Crippen molar-refractivity contribution in [2.24, 2.45) is 0 Å². The molecule has 0 spiro atoms. The number of H-pyrrole nitrogens is 1. The van der Waals surface area contributed by atoms with E-state index in [4.69, 9.17) is 4.74 Å². The molecule has 0 unspecified atom stereocenters. The summed E-state index contributed by atoms with van der Waals surface area (Å²) in [6, 6.07) is 16.2. The Bertz CT molecular complexity index is 1390. The maximum Gasteiger partial charge on any atom is 0.253 e. The van der Waals surface area contributed by atoms with Crippen LogP contribution in [-0.2, 0) is 24.2 Å².